The lowest BCUT2D eigenvalue weighted by Crippen LogP contribution is -1.88. The molecule has 0 unspecified atom stereocenters. The molecule has 0 atom stereocenters. The van der Waals surface area contributed by atoms with Gasteiger partial charge in [0.15, 0.2) is 0 Å². The van der Waals surface area contributed by atoms with Crippen LogP contribution in [0.25, 0.3) is 98.0 Å². The molecule has 0 heterocycles. The molecule has 10 rings (SSSR count). The van der Waals surface area contributed by atoms with Crippen LogP contribution in [-0.2, 0) is 0 Å². The molecule has 0 fully saturated rings. The highest BCUT2D eigenvalue weighted by Gasteiger charge is 2.13. The summed E-state index contributed by atoms with van der Waals surface area (Å²) in [5.41, 5.74) is 7.40. The number of hydrogen-bond donors (Lipinski definition) is 0. The van der Waals surface area contributed by atoms with Gasteiger partial charge in [0, 0.05) is 0 Å². The van der Waals surface area contributed by atoms with Crippen molar-refractivity contribution in [1.82, 2.24) is 0 Å². The highest BCUT2D eigenvalue weighted by atomic mass is 14.2. The topological polar surface area (TPSA) is 0 Å². The second-order valence-corrected chi connectivity index (χ2v) is 13.0. The number of fused-ring (bicyclic) bond motifs is 8. The summed E-state index contributed by atoms with van der Waals surface area (Å²) < 4.78 is 0. The lowest BCUT2D eigenvalue weighted by Gasteiger charge is -2.15. The molecule has 0 saturated carbocycles. The maximum Gasteiger partial charge on any atom is -0.00988 e. The van der Waals surface area contributed by atoms with Crippen molar-refractivity contribution in [2.24, 2.45) is 0 Å². The molecule has 0 aliphatic heterocycles. The van der Waals surface area contributed by atoms with E-state index in [0.717, 1.165) is 0 Å². The van der Waals surface area contributed by atoms with E-state index in [1.807, 2.05) is 0 Å². The average Bonchev–Trinajstić information content (AvgIpc) is 3.16. The highest BCUT2D eigenvalue weighted by molar-refractivity contribution is 6.18. The third-order valence-corrected chi connectivity index (χ3v) is 10.2. The van der Waals surface area contributed by atoms with Gasteiger partial charge in [-0.15, -0.1) is 0 Å². The smallest absolute Gasteiger partial charge is 0.00988 e. The molecule has 222 valence electrons. The molecule has 0 aromatic heterocycles. The van der Waals surface area contributed by atoms with Gasteiger partial charge in [-0.05, 0) is 134 Å². The van der Waals surface area contributed by atoms with E-state index in [4.69, 9.17) is 0 Å². The van der Waals surface area contributed by atoms with E-state index in [1.165, 1.54) is 98.0 Å². The van der Waals surface area contributed by atoms with Crippen molar-refractivity contribution in [3.8, 4) is 33.4 Å². The SMILES string of the molecule is c1ccc2cc(-c3cc(-c4ccc5c(ccc6c7ccccc7ccc56)c4)c4cc(-c5ccc6ccccc6c5)ccc4c3)ccc2c1. The standard InChI is InChI=1S/C48H30/c1-3-10-34-25-36(15-13-31(34)7-1)38-17-18-40-28-42(37-16-14-32-8-2-4-11-35(32)26-37)30-48(47(40)29-38)41-20-22-44-39(27-41)21-24-45-43-12-6-5-9-33(43)19-23-46(44)45/h1-30H. The summed E-state index contributed by atoms with van der Waals surface area (Å²) >= 11 is 0. The second-order valence-electron chi connectivity index (χ2n) is 13.0. The number of benzene rings is 10. The molecule has 0 radical (unpaired) electrons. The molecule has 0 aliphatic rings. The first-order chi connectivity index (χ1) is 23.7. The second kappa shape index (κ2) is 10.7. The van der Waals surface area contributed by atoms with Gasteiger partial charge in [0.05, 0.1) is 0 Å². The average molecular weight is 607 g/mol. The predicted octanol–water partition coefficient (Wildman–Crippen LogP) is 13.6. The molecule has 10 aromatic carbocycles. The summed E-state index contributed by atoms with van der Waals surface area (Å²) in [5, 5.41) is 15.3. The molecule has 48 heavy (non-hydrogen) atoms. The van der Waals surface area contributed by atoms with Gasteiger partial charge < -0.3 is 0 Å². The first-order valence-electron chi connectivity index (χ1n) is 16.7. The van der Waals surface area contributed by atoms with Crippen molar-refractivity contribution in [3.63, 3.8) is 0 Å². The summed E-state index contributed by atoms with van der Waals surface area (Å²) in [6, 6.07) is 67.3. The van der Waals surface area contributed by atoms with Crippen LogP contribution in [-0.4, -0.2) is 0 Å². The van der Waals surface area contributed by atoms with Crippen molar-refractivity contribution in [3.05, 3.63) is 182 Å². The fourth-order valence-electron chi connectivity index (χ4n) is 7.68. The summed E-state index contributed by atoms with van der Waals surface area (Å²) in [5.74, 6) is 0. The molecule has 0 nitrogen and oxygen atoms in total. The molecule has 0 heteroatoms. The van der Waals surface area contributed by atoms with Crippen LogP contribution < -0.4 is 0 Å². The molecular formula is C48H30. The van der Waals surface area contributed by atoms with E-state index in [-0.39, 0.29) is 0 Å². The van der Waals surface area contributed by atoms with Crippen molar-refractivity contribution in [2.45, 2.75) is 0 Å². The fraction of sp³-hybridized carbons (Fsp3) is 0. The predicted molar refractivity (Wildman–Crippen MR) is 208 cm³/mol. The van der Waals surface area contributed by atoms with Crippen LogP contribution in [0.3, 0.4) is 0 Å². The molecular weight excluding hydrogens is 577 g/mol. The van der Waals surface area contributed by atoms with Crippen LogP contribution in [0.1, 0.15) is 0 Å². The first kappa shape index (κ1) is 26.9. The van der Waals surface area contributed by atoms with Gasteiger partial charge in [-0.3, -0.25) is 0 Å². The Bertz CT molecular complexity index is 2890. The fourth-order valence-corrected chi connectivity index (χ4v) is 7.68. The maximum absolute atomic E-state index is 2.40. The van der Waals surface area contributed by atoms with Crippen LogP contribution in [0.2, 0.25) is 0 Å². The molecule has 0 N–H and O–H groups in total. The van der Waals surface area contributed by atoms with Crippen LogP contribution in [0.4, 0.5) is 0 Å². The molecule has 0 saturated heterocycles. The third kappa shape index (κ3) is 4.38. The highest BCUT2D eigenvalue weighted by Crippen LogP contribution is 2.40. The Morgan fingerprint density at radius 2 is 0.604 bits per heavy atom. The third-order valence-electron chi connectivity index (χ3n) is 10.2. The monoisotopic (exact) mass is 606 g/mol. The van der Waals surface area contributed by atoms with Crippen LogP contribution >= 0.6 is 0 Å². The Labute approximate surface area is 279 Å². The minimum atomic E-state index is 1.23. The van der Waals surface area contributed by atoms with Gasteiger partial charge in [0.2, 0.25) is 0 Å². The Kier molecular flexibility index (Phi) is 5.98. The van der Waals surface area contributed by atoms with Crippen molar-refractivity contribution in [2.75, 3.05) is 0 Å². The first-order valence-corrected chi connectivity index (χ1v) is 16.7. The Morgan fingerprint density at radius 1 is 0.188 bits per heavy atom. The Hall–Kier alpha value is -6.24. The zero-order valence-corrected chi connectivity index (χ0v) is 26.3. The largest absolute Gasteiger partial charge is 0.0616 e. The van der Waals surface area contributed by atoms with Crippen molar-refractivity contribution >= 4 is 64.6 Å². The van der Waals surface area contributed by atoms with Gasteiger partial charge in [-0.2, -0.15) is 0 Å². The van der Waals surface area contributed by atoms with Gasteiger partial charge in [-0.1, -0.05) is 146 Å². The van der Waals surface area contributed by atoms with Crippen molar-refractivity contribution < 1.29 is 0 Å². The van der Waals surface area contributed by atoms with Gasteiger partial charge >= 0.3 is 0 Å². The quantitative estimate of drug-likeness (QED) is 0.176. The van der Waals surface area contributed by atoms with E-state index in [2.05, 4.69) is 182 Å². The normalized spacial score (nSPS) is 11.8. The lowest BCUT2D eigenvalue weighted by molar-refractivity contribution is 1.63. The van der Waals surface area contributed by atoms with Gasteiger partial charge in [0.25, 0.3) is 0 Å². The lowest BCUT2D eigenvalue weighted by atomic mass is 9.89. The van der Waals surface area contributed by atoms with Crippen molar-refractivity contribution in [1.29, 1.82) is 0 Å². The number of hydrogen-bond acceptors (Lipinski definition) is 0. The Balaban J connectivity index is 1.19. The summed E-state index contributed by atoms with van der Waals surface area (Å²) in [7, 11) is 0. The Morgan fingerprint density at radius 3 is 1.31 bits per heavy atom. The molecule has 0 aliphatic carbocycles. The van der Waals surface area contributed by atoms with E-state index in [0.29, 0.717) is 0 Å². The summed E-state index contributed by atoms with van der Waals surface area (Å²) in [6.07, 6.45) is 0. The van der Waals surface area contributed by atoms with E-state index < -0.39 is 0 Å². The summed E-state index contributed by atoms with van der Waals surface area (Å²) in [4.78, 5) is 0. The van der Waals surface area contributed by atoms with Crippen LogP contribution in [0.5, 0.6) is 0 Å². The van der Waals surface area contributed by atoms with Crippen LogP contribution in [0, 0.1) is 0 Å². The van der Waals surface area contributed by atoms with E-state index in [1.54, 1.807) is 0 Å². The molecule has 0 bridgehead atoms. The zero-order valence-electron chi connectivity index (χ0n) is 26.3. The van der Waals surface area contributed by atoms with Gasteiger partial charge in [0.1, 0.15) is 0 Å². The maximum atomic E-state index is 2.40. The molecule has 0 amide bonds. The van der Waals surface area contributed by atoms with E-state index in [9.17, 15) is 0 Å². The minimum Gasteiger partial charge on any atom is -0.0616 e. The van der Waals surface area contributed by atoms with E-state index >= 15 is 0 Å². The molecule has 10 aromatic rings. The molecule has 0 spiro atoms. The van der Waals surface area contributed by atoms with Gasteiger partial charge in [-0.25, -0.2) is 0 Å². The number of rotatable bonds is 3. The van der Waals surface area contributed by atoms with Crippen LogP contribution in [0.15, 0.2) is 182 Å². The summed E-state index contributed by atoms with van der Waals surface area (Å²) in [6.45, 7) is 0. The minimum absolute atomic E-state index is 1.23. The zero-order chi connectivity index (χ0) is 31.6.